The first-order chi connectivity index (χ1) is 12.6. The zero-order valence-corrected chi connectivity index (χ0v) is 15.3. The number of carbonyl (C=O) groups is 2. The van der Waals surface area contributed by atoms with Gasteiger partial charge in [0.25, 0.3) is 0 Å². The Labute approximate surface area is 152 Å². The highest BCUT2D eigenvalue weighted by Gasteiger charge is 2.27. The minimum Gasteiger partial charge on any atom is -0.357 e. The fraction of sp³-hybridized carbons (Fsp3) is 0.688. The number of fused-ring (bicyclic) bond motifs is 1. The summed E-state index contributed by atoms with van der Waals surface area (Å²) in [6.45, 7) is 6.24. The predicted molar refractivity (Wildman–Crippen MR) is 95.7 cm³/mol. The van der Waals surface area contributed by atoms with E-state index >= 15 is 0 Å². The number of hydrogen-bond donors (Lipinski definition) is 3. The van der Waals surface area contributed by atoms with Crippen LogP contribution in [0.3, 0.4) is 0 Å². The summed E-state index contributed by atoms with van der Waals surface area (Å²) in [6, 6.07) is -0.135. The topological polar surface area (TPSA) is 117 Å². The van der Waals surface area contributed by atoms with E-state index in [1.165, 1.54) is 4.90 Å². The number of amides is 3. The molecule has 1 aromatic rings. The number of urea groups is 1. The average Bonchev–Trinajstić information content (AvgIpc) is 3.18. The van der Waals surface area contributed by atoms with Crippen LogP contribution in [0.2, 0.25) is 0 Å². The number of imide groups is 1. The van der Waals surface area contributed by atoms with E-state index in [4.69, 9.17) is 0 Å². The molecule has 0 bridgehead atoms. The molecule has 1 unspecified atom stereocenters. The second kappa shape index (κ2) is 8.15. The number of guanidine groups is 1. The van der Waals surface area contributed by atoms with Gasteiger partial charge < -0.3 is 16.0 Å². The largest absolute Gasteiger partial charge is 0.357 e. The van der Waals surface area contributed by atoms with Gasteiger partial charge in [0.05, 0.1) is 26.2 Å². The number of aryl methyl sites for hydroxylation is 2. The maximum atomic E-state index is 11.6. The van der Waals surface area contributed by atoms with Crippen LogP contribution in [-0.4, -0.2) is 69.8 Å². The highest BCUT2D eigenvalue weighted by Crippen LogP contribution is 2.13. The van der Waals surface area contributed by atoms with Gasteiger partial charge in [-0.3, -0.25) is 14.7 Å². The van der Waals surface area contributed by atoms with Crippen LogP contribution in [0.25, 0.3) is 0 Å². The molecule has 1 aromatic heterocycles. The molecular weight excluding hydrogens is 336 g/mol. The van der Waals surface area contributed by atoms with Crippen molar-refractivity contribution in [3.8, 4) is 0 Å². The molecule has 3 rings (SSSR count). The Balaban J connectivity index is 1.56. The quantitative estimate of drug-likeness (QED) is 0.349. The van der Waals surface area contributed by atoms with Crippen molar-refractivity contribution in [1.82, 2.24) is 35.6 Å². The molecule has 0 aromatic carbocycles. The lowest BCUT2D eigenvalue weighted by molar-refractivity contribution is -0.124. The van der Waals surface area contributed by atoms with Crippen LogP contribution in [0.1, 0.15) is 31.9 Å². The highest BCUT2D eigenvalue weighted by atomic mass is 16.2. The fourth-order valence-electron chi connectivity index (χ4n) is 3.08. The third-order valence-corrected chi connectivity index (χ3v) is 4.43. The Morgan fingerprint density at radius 2 is 2.23 bits per heavy atom. The summed E-state index contributed by atoms with van der Waals surface area (Å²) < 4.78 is 1.97. The molecule has 2 aliphatic rings. The monoisotopic (exact) mass is 362 g/mol. The molecule has 3 N–H and O–H groups in total. The SMILES string of the molecule is CCNC(=NCCN1C(=O)CNC1=O)NC1CCc2nc(CC)nn2C1. The zero-order chi connectivity index (χ0) is 18.5. The molecule has 0 radical (unpaired) electrons. The summed E-state index contributed by atoms with van der Waals surface area (Å²) in [4.78, 5) is 33.4. The van der Waals surface area contributed by atoms with Crippen molar-refractivity contribution in [3.05, 3.63) is 11.6 Å². The van der Waals surface area contributed by atoms with Gasteiger partial charge in [-0.05, 0) is 13.3 Å². The van der Waals surface area contributed by atoms with E-state index < -0.39 is 0 Å². The summed E-state index contributed by atoms with van der Waals surface area (Å²) in [5.74, 6) is 2.40. The van der Waals surface area contributed by atoms with Crippen LogP contribution in [-0.2, 0) is 24.2 Å². The molecule has 1 fully saturated rings. The maximum Gasteiger partial charge on any atom is 0.324 e. The molecule has 0 spiro atoms. The molecule has 10 nitrogen and oxygen atoms in total. The Kier molecular flexibility index (Phi) is 5.69. The van der Waals surface area contributed by atoms with Gasteiger partial charge in [0.15, 0.2) is 11.8 Å². The van der Waals surface area contributed by atoms with Crippen molar-refractivity contribution in [1.29, 1.82) is 0 Å². The van der Waals surface area contributed by atoms with E-state index in [1.54, 1.807) is 0 Å². The van der Waals surface area contributed by atoms with E-state index in [-0.39, 0.29) is 31.1 Å². The molecule has 2 aliphatic heterocycles. The smallest absolute Gasteiger partial charge is 0.324 e. The van der Waals surface area contributed by atoms with Crippen molar-refractivity contribution in [2.75, 3.05) is 26.2 Å². The van der Waals surface area contributed by atoms with Crippen LogP contribution < -0.4 is 16.0 Å². The fourth-order valence-corrected chi connectivity index (χ4v) is 3.08. The minimum absolute atomic E-state index is 0.0723. The molecule has 3 heterocycles. The van der Waals surface area contributed by atoms with Gasteiger partial charge in [0, 0.05) is 25.4 Å². The molecule has 142 valence electrons. The number of nitrogens with one attached hydrogen (secondary N) is 3. The molecular formula is C16H26N8O2. The molecule has 3 amide bonds. The van der Waals surface area contributed by atoms with Gasteiger partial charge in [-0.2, -0.15) is 5.10 Å². The molecule has 0 saturated carbocycles. The third-order valence-electron chi connectivity index (χ3n) is 4.43. The lowest BCUT2D eigenvalue weighted by Crippen LogP contribution is -2.47. The number of carbonyl (C=O) groups excluding carboxylic acids is 2. The van der Waals surface area contributed by atoms with Crippen LogP contribution in [0, 0.1) is 0 Å². The first-order valence-corrected chi connectivity index (χ1v) is 9.16. The molecule has 10 heteroatoms. The Hall–Kier alpha value is -2.65. The predicted octanol–water partition coefficient (Wildman–Crippen LogP) is -0.738. The number of nitrogens with zero attached hydrogens (tertiary/aromatic N) is 5. The number of rotatable bonds is 6. The first kappa shape index (κ1) is 18.2. The van der Waals surface area contributed by atoms with Gasteiger partial charge in [-0.15, -0.1) is 0 Å². The van der Waals surface area contributed by atoms with E-state index in [1.807, 2.05) is 11.6 Å². The second-order valence-corrected chi connectivity index (χ2v) is 6.32. The van der Waals surface area contributed by atoms with Crippen LogP contribution >= 0.6 is 0 Å². The average molecular weight is 362 g/mol. The lowest BCUT2D eigenvalue weighted by Gasteiger charge is -2.25. The zero-order valence-electron chi connectivity index (χ0n) is 15.3. The van der Waals surface area contributed by atoms with Crippen molar-refractivity contribution in [2.45, 2.75) is 45.7 Å². The Bertz CT molecular complexity index is 682. The molecule has 1 atom stereocenters. The summed E-state index contributed by atoms with van der Waals surface area (Å²) in [5.41, 5.74) is 0. The van der Waals surface area contributed by atoms with Crippen molar-refractivity contribution in [3.63, 3.8) is 0 Å². The summed E-state index contributed by atoms with van der Waals surface area (Å²) in [5, 5.41) is 13.7. The molecule has 0 aliphatic carbocycles. The lowest BCUT2D eigenvalue weighted by atomic mass is 10.1. The van der Waals surface area contributed by atoms with Crippen LogP contribution in [0.4, 0.5) is 4.79 Å². The van der Waals surface area contributed by atoms with Crippen LogP contribution in [0.15, 0.2) is 4.99 Å². The standard InChI is InChI=1S/C16H26N8O2/c1-3-12-21-13-6-5-11(10-24(13)22-12)20-15(17-4-2)18-7-8-23-14(25)9-19-16(23)26/h11H,3-10H2,1-2H3,(H,19,26)(H2,17,18,20). The normalized spacial score (nSPS) is 20.2. The van der Waals surface area contributed by atoms with Crippen molar-refractivity contribution in [2.24, 2.45) is 4.99 Å². The molecule has 26 heavy (non-hydrogen) atoms. The van der Waals surface area contributed by atoms with E-state index in [9.17, 15) is 9.59 Å². The second-order valence-electron chi connectivity index (χ2n) is 6.32. The summed E-state index contributed by atoms with van der Waals surface area (Å²) in [6.07, 6.45) is 2.68. The Morgan fingerprint density at radius 3 is 2.92 bits per heavy atom. The van der Waals surface area contributed by atoms with Gasteiger partial charge in [0.1, 0.15) is 5.82 Å². The van der Waals surface area contributed by atoms with E-state index in [2.05, 4.69) is 37.9 Å². The minimum atomic E-state index is -0.346. The number of aliphatic imine (C=N–C) groups is 1. The third kappa shape index (κ3) is 4.12. The summed E-state index contributed by atoms with van der Waals surface area (Å²) in [7, 11) is 0. The summed E-state index contributed by atoms with van der Waals surface area (Å²) >= 11 is 0. The number of aromatic nitrogens is 3. The van der Waals surface area contributed by atoms with E-state index in [0.717, 1.165) is 44.0 Å². The molecule has 1 saturated heterocycles. The van der Waals surface area contributed by atoms with Gasteiger partial charge in [-0.1, -0.05) is 6.92 Å². The van der Waals surface area contributed by atoms with Gasteiger partial charge in [-0.25, -0.2) is 14.5 Å². The maximum absolute atomic E-state index is 11.6. The van der Waals surface area contributed by atoms with E-state index in [0.29, 0.717) is 12.5 Å². The highest BCUT2D eigenvalue weighted by molar-refractivity contribution is 6.01. The van der Waals surface area contributed by atoms with Gasteiger partial charge in [0.2, 0.25) is 5.91 Å². The number of hydrogen-bond acceptors (Lipinski definition) is 5. The van der Waals surface area contributed by atoms with Crippen LogP contribution in [0.5, 0.6) is 0 Å². The van der Waals surface area contributed by atoms with Gasteiger partial charge >= 0.3 is 6.03 Å². The van der Waals surface area contributed by atoms with Crippen molar-refractivity contribution < 1.29 is 9.59 Å². The first-order valence-electron chi connectivity index (χ1n) is 9.16. The van der Waals surface area contributed by atoms with Crippen molar-refractivity contribution >= 4 is 17.9 Å². The Morgan fingerprint density at radius 1 is 1.38 bits per heavy atom.